The van der Waals surface area contributed by atoms with E-state index >= 15 is 0 Å². The van der Waals surface area contributed by atoms with E-state index in [1.165, 1.54) is 0 Å². The van der Waals surface area contributed by atoms with E-state index in [1.807, 2.05) is 11.6 Å². The third-order valence-corrected chi connectivity index (χ3v) is 3.61. The number of thiazole rings is 1. The van der Waals surface area contributed by atoms with Crippen molar-refractivity contribution in [2.24, 2.45) is 0 Å². The molecule has 2 N–H and O–H groups in total. The lowest BCUT2D eigenvalue weighted by Gasteiger charge is -2.06. The highest BCUT2D eigenvalue weighted by Crippen LogP contribution is 2.12. The molecule has 0 spiro atoms. The summed E-state index contributed by atoms with van der Waals surface area (Å²) in [6, 6.07) is 0. The van der Waals surface area contributed by atoms with E-state index in [0.29, 0.717) is 18.8 Å². The maximum Gasteiger partial charge on any atom is 0.287 e. The van der Waals surface area contributed by atoms with E-state index in [2.05, 4.69) is 15.6 Å². The van der Waals surface area contributed by atoms with Crippen molar-refractivity contribution in [3.8, 4) is 0 Å². The van der Waals surface area contributed by atoms with Gasteiger partial charge in [-0.15, -0.1) is 11.3 Å². The minimum Gasteiger partial charge on any atom is -0.367 e. The van der Waals surface area contributed by atoms with Gasteiger partial charge in [0.2, 0.25) is 0 Å². The number of nitrogens with zero attached hydrogens (tertiary/aromatic N) is 2. The Bertz CT molecular complexity index is 430. The number of nitrogens with one attached hydrogen (secondary N) is 2. The van der Waals surface area contributed by atoms with E-state index in [0.717, 1.165) is 30.8 Å². The lowest BCUT2D eigenvalue weighted by molar-refractivity contribution is -0.427. The van der Waals surface area contributed by atoms with Gasteiger partial charge >= 0.3 is 0 Å². The Kier molecular flexibility index (Phi) is 4.52. The summed E-state index contributed by atoms with van der Waals surface area (Å²) in [6.45, 7) is 1.41. The van der Waals surface area contributed by atoms with Crippen LogP contribution in [0.25, 0.3) is 0 Å². The Morgan fingerprint density at radius 3 is 3.17 bits per heavy atom. The van der Waals surface area contributed by atoms with Gasteiger partial charge in [0.15, 0.2) is 5.82 Å². The van der Waals surface area contributed by atoms with Gasteiger partial charge in [0, 0.05) is 24.7 Å². The van der Waals surface area contributed by atoms with Crippen molar-refractivity contribution >= 4 is 11.3 Å². The number of nitro groups is 1. The molecule has 18 heavy (non-hydrogen) atoms. The summed E-state index contributed by atoms with van der Waals surface area (Å²) in [7, 11) is 0. The summed E-state index contributed by atoms with van der Waals surface area (Å²) in [5.41, 5.74) is 0.273. The van der Waals surface area contributed by atoms with Crippen molar-refractivity contribution < 1.29 is 4.92 Å². The maximum atomic E-state index is 10.7. The Hall–Kier alpha value is -1.63. The van der Waals surface area contributed by atoms with Crippen LogP contribution in [0.1, 0.15) is 24.3 Å². The molecule has 98 valence electrons. The monoisotopic (exact) mass is 268 g/mol. The van der Waals surface area contributed by atoms with Crippen LogP contribution in [-0.2, 0) is 6.42 Å². The largest absolute Gasteiger partial charge is 0.367 e. The molecular formula is C11H16N4O2S. The normalized spacial score (nSPS) is 14.7. The number of aryl methyl sites for hydroxylation is 1. The van der Waals surface area contributed by atoms with Crippen LogP contribution in [-0.4, -0.2) is 23.0 Å². The fourth-order valence-corrected chi connectivity index (χ4v) is 2.53. The van der Waals surface area contributed by atoms with Crippen molar-refractivity contribution in [1.82, 2.24) is 15.6 Å². The molecular weight excluding hydrogens is 252 g/mol. The number of hydrogen-bond acceptors (Lipinski definition) is 6. The third-order valence-electron chi connectivity index (χ3n) is 2.78. The summed E-state index contributed by atoms with van der Waals surface area (Å²) in [6.07, 6.45) is 5.31. The summed E-state index contributed by atoms with van der Waals surface area (Å²) in [4.78, 5) is 14.6. The Labute approximate surface area is 109 Å². The highest BCUT2D eigenvalue weighted by atomic mass is 32.1. The van der Waals surface area contributed by atoms with Crippen LogP contribution >= 0.6 is 11.3 Å². The Morgan fingerprint density at radius 1 is 1.56 bits per heavy atom. The quantitative estimate of drug-likeness (QED) is 0.445. The molecule has 0 unspecified atom stereocenters. The van der Waals surface area contributed by atoms with Crippen LogP contribution in [0.2, 0.25) is 0 Å². The number of rotatable bonds is 7. The fraction of sp³-hybridized carbons (Fsp3) is 0.545. The summed E-state index contributed by atoms with van der Waals surface area (Å²) >= 11 is 1.67. The van der Waals surface area contributed by atoms with Gasteiger partial charge in [-0.3, -0.25) is 10.1 Å². The van der Waals surface area contributed by atoms with Crippen molar-refractivity contribution in [1.29, 1.82) is 0 Å². The molecule has 0 saturated carbocycles. The van der Waals surface area contributed by atoms with Gasteiger partial charge in [0.05, 0.1) is 16.4 Å². The van der Waals surface area contributed by atoms with E-state index in [1.54, 1.807) is 11.3 Å². The molecule has 0 aromatic carbocycles. The van der Waals surface area contributed by atoms with Gasteiger partial charge in [-0.1, -0.05) is 0 Å². The first-order valence-corrected chi connectivity index (χ1v) is 6.89. The molecule has 1 aromatic heterocycles. The zero-order chi connectivity index (χ0) is 12.8. The topological polar surface area (TPSA) is 80.1 Å². The van der Waals surface area contributed by atoms with Crippen molar-refractivity contribution in [2.75, 3.05) is 13.1 Å². The van der Waals surface area contributed by atoms with Crippen LogP contribution in [0.4, 0.5) is 0 Å². The van der Waals surface area contributed by atoms with Crippen molar-refractivity contribution in [2.45, 2.75) is 25.7 Å². The molecule has 2 rings (SSSR count). The highest BCUT2D eigenvalue weighted by molar-refractivity contribution is 7.09. The summed E-state index contributed by atoms with van der Waals surface area (Å²) in [5, 5.41) is 20.0. The van der Waals surface area contributed by atoms with Gasteiger partial charge in [0.25, 0.3) is 5.70 Å². The second-order valence-electron chi connectivity index (χ2n) is 4.07. The second-order valence-corrected chi connectivity index (χ2v) is 5.04. The van der Waals surface area contributed by atoms with E-state index < -0.39 is 0 Å². The third kappa shape index (κ3) is 3.43. The maximum absolute atomic E-state index is 10.7. The predicted molar refractivity (Wildman–Crippen MR) is 69.7 cm³/mol. The van der Waals surface area contributed by atoms with Gasteiger partial charge in [-0.25, -0.2) is 4.98 Å². The molecule has 7 heteroatoms. The second kappa shape index (κ2) is 6.34. The SMILES string of the molecule is O=[N+]([O-])C1=C(NCCCCc2nccs2)NCC1. The number of hydrogen-bond donors (Lipinski definition) is 2. The Morgan fingerprint density at radius 2 is 2.44 bits per heavy atom. The van der Waals surface area contributed by atoms with Gasteiger partial charge < -0.3 is 10.6 Å². The lowest BCUT2D eigenvalue weighted by atomic mass is 10.2. The number of aromatic nitrogens is 1. The minimum absolute atomic E-state index is 0.273. The van der Waals surface area contributed by atoms with E-state index in [-0.39, 0.29) is 10.6 Å². The molecule has 0 aliphatic carbocycles. The molecule has 1 aromatic rings. The smallest absolute Gasteiger partial charge is 0.287 e. The Balaban J connectivity index is 1.66. The van der Waals surface area contributed by atoms with Crippen LogP contribution in [0.15, 0.2) is 23.1 Å². The van der Waals surface area contributed by atoms with Gasteiger partial charge in [-0.05, 0) is 19.3 Å². The first kappa shape index (κ1) is 12.8. The van der Waals surface area contributed by atoms with Crippen LogP contribution in [0.3, 0.4) is 0 Å². The molecule has 0 bridgehead atoms. The summed E-state index contributed by atoms with van der Waals surface area (Å²) < 4.78 is 0. The average molecular weight is 268 g/mol. The van der Waals surface area contributed by atoms with Crippen LogP contribution in [0.5, 0.6) is 0 Å². The van der Waals surface area contributed by atoms with E-state index in [4.69, 9.17) is 0 Å². The lowest BCUT2D eigenvalue weighted by Crippen LogP contribution is -2.25. The predicted octanol–water partition coefficient (Wildman–Crippen LogP) is 1.49. The van der Waals surface area contributed by atoms with E-state index in [9.17, 15) is 10.1 Å². The van der Waals surface area contributed by atoms with Gasteiger partial charge in [0.1, 0.15) is 0 Å². The minimum atomic E-state index is -0.308. The van der Waals surface area contributed by atoms with Crippen molar-refractivity contribution in [3.05, 3.63) is 38.2 Å². The summed E-state index contributed by atoms with van der Waals surface area (Å²) in [5.74, 6) is 0.592. The fourth-order valence-electron chi connectivity index (χ4n) is 1.87. The molecule has 2 heterocycles. The average Bonchev–Trinajstić information content (AvgIpc) is 2.98. The van der Waals surface area contributed by atoms with Crippen LogP contribution < -0.4 is 10.6 Å². The standard InChI is InChI=1S/C11H16N4O2S/c16-15(17)9-4-6-14-11(9)13-5-2-1-3-10-12-7-8-18-10/h7-8,13-14H,1-6H2. The molecule has 0 atom stereocenters. The zero-order valence-electron chi connectivity index (χ0n) is 10.0. The first-order valence-electron chi connectivity index (χ1n) is 6.01. The highest BCUT2D eigenvalue weighted by Gasteiger charge is 2.23. The molecule has 1 aliphatic rings. The molecule has 0 fully saturated rings. The van der Waals surface area contributed by atoms with Gasteiger partial charge in [-0.2, -0.15) is 0 Å². The number of unbranched alkanes of at least 4 members (excludes halogenated alkanes) is 1. The molecule has 0 saturated heterocycles. The zero-order valence-corrected chi connectivity index (χ0v) is 10.8. The molecule has 6 nitrogen and oxygen atoms in total. The molecule has 1 aliphatic heterocycles. The molecule has 0 amide bonds. The van der Waals surface area contributed by atoms with Crippen LogP contribution in [0, 0.1) is 10.1 Å². The van der Waals surface area contributed by atoms with Crippen molar-refractivity contribution in [3.63, 3.8) is 0 Å². The first-order chi connectivity index (χ1) is 8.77. The molecule has 0 radical (unpaired) electrons.